The predicted octanol–water partition coefficient (Wildman–Crippen LogP) is 0.307. The molecule has 1 amide bonds. The smallest absolute Gasteiger partial charge is 0.323 e. The Hall–Kier alpha value is -1.69. The molecule has 0 aromatic heterocycles. The van der Waals surface area contributed by atoms with Crippen LogP contribution >= 0.6 is 0 Å². The summed E-state index contributed by atoms with van der Waals surface area (Å²) in [7, 11) is -0.366. The number of carboxylic acid groups (broad SMARTS) is 1. The van der Waals surface area contributed by atoms with Crippen molar-refractivity contribution >= 4 is 22.7 Å². The molecular weight excluding hydrogens is 242 g/mol. The molecule has 0 saturated heterocycles. The predicted molar refractivity (Wildman–Crippen MR) is 63.9 cm³/mol. The molecule has 5 nitrogen and oxygen atoms in total. The van der Waals surface area contributed by atoms with Crippen molar-refractivity contribution in [3.8, 4) is 0 Å². The maximum Gasteiger partial charge on any atom is 0.323 e. The molecular formula is C11H13NO4S. The van der Waals surface area contributed by atoms with Crippen molar-refractivity contribution in [3.05, 3.63) is 35.9 Å². The summed E-state index contributed by atoms with van der Waals surface area (Å²) in [5.41, 5.74) is 0.433. The van der Waals surface area contributed by atoms with Gasteiger partial charge in [0.2, 0.25) is 5.91 Å². The van der Waals surface area contributed by atoms with Crippen molar-refractivity contribution in [2.24, 2.45) is 0 Å². The number of hydrogen-bond acceptors (Lipinski definition) is 3. The minimum Gasteiger partial charge on any atom is -0.480 e. The van der Waals surface area contributed by atoms with E-state index in [1.54, 1.807) is 30.3 Å². The monoisotopic (exact) mass is 255 g/mol. The fourth-order valence-corrected chi connectivity index (χ4v) is 2.57. The van der Waals surface area contributed by atoms with Gasteiger partial charge in [0.1, 0.15) is 5.75 Å². The molecule has 0 heterocycles. The molecule has 2 unspecified atom stereocenters. The van der Waals surface area contributed by atoms with Crippen LogP contribution in [0.3, 0.4) is 0 Å². The third-order valence-corrected chi connectivity index (χ3v) is 3.69. The first-order valence-electron chi connectivity index (χ1n) is 4.91. The van der Waals surface area contributed by atoms with Gasteiger partial charge in [0, 0.05) is 17.8 Å². The van der Waals surface area contributed by atoms with Crippen LogP contribution in [0.4, 0.5) is 0 Å². The molecule has 0 aliphatic carbocycles. The molecule has 17 heavy (non-hydrogen) atoms. The van der Waals surface area contributed by atoms with Gasteiger partial charge in [0.15, 0.2) is 5.25 Å². The molecule has 2 atom stereocenters. The Balaban J connectivity index is 2.91. The standard InChI is InChI=1S/C11H13NO4S/c1-12-9(13)7-17(16)10(11(14)15)8-5-3-2-4-6-8/h2-6,10H,7H2,1H3,(H,12,13)(H,14,15). The van der Waals surface area contributed by atoms with Gasteiger partial charge < -0.3 is 10.4 Å². The summed E-state index contributed by atoms with van der Waals surface area (Å²) in [6.07, 6.45) is 0. The number of amides is 1. The second kappa shape index (κ2) is 6.15. The Bertz CT molecular complexity index is 432. The number of nitrogens with one attached hydrogen (secondary N) is 1. The van der Waals surface area contributed by atoms with E-state index in [4.69, 9.17) is 5.11 Å². The van der Waals surface area contributed by atoms with Gasteiger partial charge in [0.25, 0.3) is 0 Å². The van der Waals surface area contributed by atoms with Crippen LogP contribution in [0.1, 0.15) is 10.8 Å². The van der Waals surface area contributed by atoms with E-state index >= 15 is 0 Å². The highest BCUT2D eigenvalue weighted by atomic mass is 32.2. The molecule has 1 aromatic carbocycles. The summed E-state index contributed by atoms with van der Waals surface area (Å²) < 4.78 is 11.8. The van der Waals surface area contributed by atoms with Gasteiger partial charge in [-0.1, -0.05) is 30.3 Å². The van der Waals surface area contributed by atoms with E-state index in [2.05, 4.69) is 5.32 Å². The topological polar surface area (TPSA) is 83.5 Å². The van der Waals surface area contributed by atoms with E-state index in [1.807, 2.05) is 0 Å². The van der Waals surface area contributed by atoms with Crippen LogP contribution in [0.25, 0.3) is 0 Å². The SMILES string of the molecule is CNC(=O)CS(=O)C(C(=O)O)c1ccccc1. The van der Waals surface area contributed by atoms with Crippen molar-refractivity contribution in [3.63, 3.8) is 0 Å². The van der Waals surface area contributed by atoms with Gasteiger partial charge in [-0.05, 0) is 5.56 Å². The second-order valence-corrected chi connectivity index (χ2v) is 4.85. The Morgan fingerprint density at radius 3 is 2.41 bits per heavy atom. The third kappa shape index (κ3) is 3.67. The average molecular weight is 255 g/mol. The van der Waals surface area contributed by atoms with Crippen LogP contribution in [-0.4, -0.2) is 34.0 Å². The molecule has 0 fully saturated rings. The molecule has 0 aliphatic rings. The van der Waals surface area contributed by atoms with E-state index in [0.717, 1.165) is 0 Å². The molecule has 92 valence electrons. The highest BCUT2D eigenvalue weighted by molar-refractivity contribution is 7.86. The molecule has 0 radical (unpaired) electrons. The van der Waals surface area contributed by atoms with Crippen molar-refractivity contribution in [1.82, 2.24) is 5.32 Å². The number of carbonyl (C=O) groups is 2. The van der Waals surface area contributed by atoms with Crippen molar-refractivity contribution in [2.45, 2.75) is 5.25 Å². The Kier molecular flexibility index (Phi) is 4.84. The molecule has 2 N–H and O–H groups in total. The first kappa shape index (κ1) is 13.4. The van der Waals surface area contributed by atoms with Crippen LogP contribution in [0.2, 0.25) is 0 Å². The highest BCUT2D eigenvalue weighted by Gasteiger charge is 2.27. The maximum absolute atomic E-state index is 11.8. The summed E-state index contributed by atoms with van der Waals surface area (Å²) in [5, 5.41) is 10.2. The van der Waals surface area contributed by atoms with Gasteiger partial charge in [-0.15, -0.1) is 0 Å². The lowest BCUT2D eigenvalue weighted by atomic mass is 10.1. The van der Waals surface area contributed by atoms with E-state index in [-0.39, 0.29) is 5.75 Å². The van der Waals surface area contributed by atoms with Crippen molar-refractivity contribution < 1.29 is 18.9 Å². The Morgan fingerprint density at radius 2 is 1.94 bits per heavy atom. The van der Waals surface area contributed by atoms with Crippen LogP contribution < -0.4 is 5.32 Å². The van der Waals surface area contributed by atoms with Gasteiger partial charge in [0.05, 0.1) is 0 Å². The number of benzene rings is 1. The minimum absolute atomic E-state index is 0.317. The first-order valence-corrected chi connectivity index (χ1v) is 6.30. The van der Waals surface area contributed by atoms with E-state index in [9.17, 15) is 13.8 Å². The number of carboxylic acids is 1. The van der Waals surface area contributed by atoms with Crippen molar-refractivity contribution in [2.75, 3.05) is 12.8 Å². The zero-order valence-electron chi connectivity index (χ0n) is 9.25. The normalized spacial score (nSPS) is 13.7. The lowest BCUT2D eigenvalue weighted by molar-refractivity contribution is -0.136. The molecule has 1 aromatic rings. The lowest BCUT2D eigenvalue weighted by Crippen LogP contribution is -2.29. The quantitative estimate of drug-likeness (QED) is 0.793. The maximum atomic E-state index is 11.8. The second-order valence-electron chi connectivity index (χ2n) is 3.33. The third-order valence-electron chi connectivity index (χ3n) is 2.14. The van der Waals surface area contributed by atoms with E-state index in [1.165, 1.54) is 7.05 Å². The van der Waals surface area contributed by atoms with E-state index < -0.39 is 27.9 Å². The summed E-state index contributed by atoms with van der Waals surface area (Å²) in [4.78, 5) is 22.2. The molecule has 1 rings (SSSR count). The van der Waals surface area contributed by atoms with Crippen LogP contribution in [0.5, 0.6) is 0 Å². The van der Waals surface area contributed by atoms with Gasteiger partial charge in [-0.3, -0.25) is 13.8 Å². The lowest BCUT2D eigenvalue weighted by Gasteiger charge is -2.11. The van der Waals surface area contributed by atoms with Gasteiger partial charge >= 0.3 is 5.97 Å². The summed E-state index contributed by atoms with van der Waals surface area (Å²) >= 11 is 0. The van der Waals surface area contributed by atoms with Crippen LogP contribution in [0, 0.1) is 0 Å². The minimum atomic E-state index is -1.78. The fraction of sp³-hybridized carbons (Fsp3) is 0.273. The van der Waals surface area contributed by atoms with Gasteiger partial charge in [-0.25, -0.2) is 0 Å². The fourth-order valence-electron chi connectivity index (χ4n) is 1.32. The zero-order valence-corrected chi connectivity index (χ0v) is 10.1. The Morgan fingerprint density at radius 1 is 1.35 bits per heavy atom. The average Bonchev–Trinajstić information content (AvgIpc) is 2.29. The highest BCUT2D eigenvalue weighted by Crippen LogP contribution is 2.20. The Labute approximate surface area is 101 Å². The molecule has 0 bridgehead atoms. The molecule has 0 spiro atoms. The summed E-state index contributed by atoms with van der Waals surface area (Å²) in [6.45, 7) is 0. The molecule has 6 heteroatoms. The summed E-state index contributed by atoms with van der Waals surface area (Å²) in [6, 6.07) is 8.25. The number of hydrogen-bond donors (Lipinski definition) is 2. The van der Waals surface area contributed by atoms with Crippen molar-refractivity contribution in [1.29, 1.82) is 0 Å². The van der Waals surface area contributed by atoms with Crippen LogP contribution in [0.15, 0.2) is 30.3 Å². The van der Waals surface area contributed by atoms with Gasteiger partial charge in [-0.2, -0.15) is 0 Å². The number of rotatable bonds is 5. The van der Waals surface area contributed by atoms with E-state index in [0.29, 0.717) is 5.56 Å². The molecule has 0 aliphatic heterocycles. The zero-order chi connectivity index (χ0) is 12.8. The summed E-state index contributed by atoms with van der Waals surface area (Å²) in [5.74, 6) is -1.95. The largest absolute Gasteiger partial charge is 0.480 e. The molecule has 0 saturated carbocycles. The number of carbonyl (C=O) groups excluding carboxylic acids is 1. The number of aliphatic carboxylic acids is 1. The van der Waals surface area contributed by atoms with Crippen LogP contribution in [-0.2, 0) is 20.4 Å². The first-order chi connectivity index (χ1) is 8.06.